The second-order valence-electron chi connectivity index (χ2n) is 6.38. The van der Waals surface area contributed by atoms with Crippen molar-refractivity contribution in [3.8, 4) is 28.8 Å². The molecule has 3 aromatic rings. The lowest BCUT2D eigenvalue weighted by molar-refractivity contribution is 0.0942. The summed E-state index contributed by atoms with van der Waals surface area (Å²) in [7, 11) is 2.99. The minimum atomic E-state index is -0.595. The van der Waals surface area contributed by atoms with Gasteiger partial charge in [-0.3, -0.25) is 9.59 Å². The maximum absolute atomic E-state index is 12.7. The average molecular weight is 409 g/mol. The number of hydrogen-bond acceptors (Lipinski definition) is 7. The van der Waals surface area contributed by atoms with E-state index >= 15 is 0 Å². The molecule has 0 saturated heterocycles. The largest absolute Gasteiger partial charge is 0.497 e. The molecule has 30 heavy (non-hydrogen) atoms. The number of carbonyl (C=O) groups excluding carboxylic acids is 1. The van der Waals surface area contributed by atoms with Gasteiger partial charge in [-0.25, -0.2) is 4.68 Å². The topological polar surface area (TPSA) is 101 Å². The van der Waals surface area contributed by atoms with Crippen LogP contribution in [-0.2, 0) is 6.54 Å². The maximum atomic E-state index is 12.7. The lowest BCUT2D eigenvalue weighted by Crippen LogP contribution is -2.31. The number of aromatic nitrogens is 2. The van der Waals surface area contributed by atoms with Gasteiger partial charge < -0.3 is 24.3 Å². The van der Waals surface area contributed by atoms with Crippen molar-refractivity contribution in [2.24, 2.45) is 0 Å². The van der Waals surface area contributed by atoms with Crippen molar-refractivity contribution in [1.82, 2.24) is 15.1 Å². The predicted molar refractivity (Wildman–Crippen MR) is 107 cm³/mol. The van der Waals surface area contributed by atoms with Crippen molar-refractivity contribution in [2.45, 2.75) is 6.54 Å². The molecule has 4 rings (SSSR count). The van der Waals surface area contributed by atoms with Crippen LogP contribution in [0, 0.1) is 0 Å². The van der Waals surface area contributed by atoms with Crippen LogP contribution in [0.4, 0.5) is 0 Å². The highest BCUT2D eigenvalue weighted by Crippen LogP contribution is 2.32. The van der Waals surface area contributed by atoms with Gasteiger partial charge in [0.05, 0.1) is 26.0 Å². The number of methoxy groups -OCH3 is 2. The molecule has 1 aliphatic heterocycles. The Bertz CT molecular complexity index is 1140. The zero-order valence-electron chi connectivity index (χ0n) is 16.4. The first-order valence-electron chi connectivity index (χ1n) is 9.08. The summed E-state index contributed by atoms with van der Waals surface area (Å²) in [4.78, 5) is 25.1. The Balaban J connectivity index is 1.58. The van der Waals surface area contributed by atoms with Gasteiger partial charge in [0.1, 0.15) is 5.75 Å². The summed E-state index contributed by atoms with van der Waals surface area (Å²) in [6.07, 6.45) is 0. The molecule has 1 aromatic heterocycles. The van der Waals surface area contributed by atoms with Gasteiger partial charge in [-0.1, -0.05) is 6.07 Å². The van der Waals surface area contributed by atoms with Gasteiger partial charge in [0.25, 0.3) is 5.91 Å². The Labute approximate surface area is 171 Å². The minimum absolute atomic E-state index is 0.172. The molecule has 1 amide bonds. The van der Waals surface area contributed by atoms with E-state index in [0.717, 1.165) is 5.56 Å². The first kappa shape index (κ1) is 19.3. The van der Waals surface area contributed by atoms with Crippen LogP contribution >= 0.6 is 0 Å². The quantitative estimate of drug-likeness (QED) is 0.664. The molecule has 0 spiro atoms. The summed E-state index contributed by atoms with van der Waals surface area (Å²) in [5.41, 5.74) is 0.626. The van der Waals surface area contributed by atoms with E-state index < -0.39 is 11.3 Å². The Hall–Kier alpha value is -4.01. The molecule has 2 aromatic carbocycles. The zero-order chi connectivity index (χ0) is 21.1. The summed E-state index contributed by atoms with van der Waals surface area (Å²) in [6, 6.07) is 13.6. The van der Waals surface area contributed by atoms with E-state index in [9.17, 15) is 9.59 Å². The van der Waals surface area contributed by atoms with E-state index in [2.05, 4.69) is 10.4 Å². The highest BCUT2D eigenvalue weighted by Gasteiger charge is 2.18. The van der Waals surface area contributed by atoms with Crippen molar-refractivity contribution >= 4 is 5.91 Å². The molecule has 154 valence electrons. The normalized spacial score (nSPS) is 11.8. The van der Waals surface area contributed by atoms with Crippen molar-refractivity contribution in [3.63, 3.8) is 0 Å². The molecule has 0 bridgehead atoms. The fraction of sp³-hybridized carbons (Fsp3) is 0.190. The number of ether oxygens (including phenoxy) is 4. The van der Waals surface area contributed by atoms with Crippen LogP contribution in [-0.4, -0.2) is 36.7 Å². The van der Waals surface area contributed by atoms with Crippen LogP contribution in [0.2, 0.25) is 0 Å². The molecular formula is C21H19N3O6. The second kappa shape index (κ2) is 8.16. The Kier molecular flexibility index (Phi) is 5.25. The molecule has 1 aliphatic rings. The number of rotatable bonds is 6. The fourth-order valence-corrected chi connectivity index (χ4v) is 2.97. The molecule has 0 atom stereocenters. The number of benzene rings is 2. The number of fused-ring (bicyclic) bond motifs is 1. The standard InChI is InChI=1S/C21H19N3O6/c1-27-15-6-4-14(5-7-15)24-19(28-2)10-16(25)20(23-24)21(26)22-11-13-3-8-17-18(9-13)30-12-29-17/h3-10H,11-12H2,1-2H3,(H,22,26). The third kappa shape index (κ3) is 3.77. The molecular weight excluding hydrogens is 390 g/mol. The Morgan fingerprint density at radius 3 is 2.57 bits per heavy atom. The number of carbonyl (C=O) groups is 1. The Morgan fingerprint density at radius 2 is 1.83 bits per heavy atom. The van der Waals surface area contributed by atoms with E-state index in [4.69, 9.17) is 18.9 Å². The molecule has 2 heterocycles. The summed E-state index contributed by atoms with van der Waals surface area (Å²) < 4.78 is 22.4. The highest BCUT2D eigenvalue weighted by molar-refractivity contribution is 5.92. The summed E-state index contributed by atoms with van der Waals surface area (Å²) in [6.45, 7) is 0.372. The minimum Gasteiger partial charge on any atom is -0.497 e. The van der Waals surface area contributed by atoms with E-state index in [1.165, 1.54) is 17.9 Å². The maximum Gasteiger partial charge on any atom is 0.276 e. The van der Waals surface area contributed by atoms with Crippen LogP contribution in [0.1, 0.15) is 16.1 Å². The summed E-state index contributed by atoms with van der Waals surface area (Å²) in [5.74, 6) is 1.55. The second-order valence-corrected chi connectivity index (χ2v) is 6.38. The zero-order valence-corrected chi connectivity index (χ0v) is 16.4. The number of nitrogens with one attached hydrogen (secondary N) is 1. The van der Waals surface area contributed by atoms with E-state index in [0.29, 0.717) is 22.9 Å². The van der Waals surface area contributed by atoms with Crippen LogP contribution in [0.3, 0.4) is 0 Å². The van der Waals surface area contributed by atoms with Gasteiger partial charge in [-0.2, -0.15) is 5.10 Å². The molecule has 9 nitrogen and oxygen atoms in total. The summed E-state index contributed by atoms with van der Waals surface area (Å²) in [5, 5.41) is 6.93. The first-order chi connectivity index (χ1) is 14.6. The van der Waals surface area contributed by atoms with E-state index in [-0.39, 0.29) is 24.9 Å². The summed E-state index contributed by atoms with van der Waals surface area (Å²) >= 11 is 0. The molecule has 0 saturated carbocycles. The molecule has 0 fully saturated rings. The predicted octanol–water partition coefficient (Wildman–Crippen LogP) is 1.91. The van der Waals surface area contributed by atoms with Crippen molar-refractivity contribution in [2.75, 3.05) is 21.0 Å². The van der Waals surface area contributed by atoms with Gasteiger partial charge >= 0.3 is 0 Å². The molecule has 0 radical (unpaired) electrons. The smallest absolute Gasteiger partial charge is 0.276 e. The lowest BCUT2D eigenvalue weighted by atomic mass is 10.2. The van der Waals surface area contributed by atoms with Crippen LogP contribution in [0.25, 0.3) is 5.69 Å². The number of hydrogen-bond donors (Lipinski definition) is 1. The molecule has 0 aliphatic carbocycles. The monoisotopic (exact) mass is 409 g/mol. The van der Waals surface area contributed by atoms with Crippen LogP contribution < -0.4 is 29.7 Å². The lowest BCUT2D eigenvalue weighted by Gasteiger charge is -2.13. The van der Waals surface area contributed by atoms with Crippen LogP contribution in [0.15, 0.2) is 53.3 Å². The first-order valence-corrected chi connectivity index (χ1v) is 9.08. The van der Waals surface area contributed by atoms with Gasteiger partial charge in [-0.15, -0.1) is 0 Å². The third-order valence-electron chi connectivity index (χ3n) is 4.53. The molecule has 9 heteroatoms. The van der Waals surface area contributed by atoms with Gasteiger partial charge in [0.2, 0.25) is 18.1 Å². The van der Waals surface area contributed by atoms with Gasteiger partial charge in [-0.05, 0) is 42.0 Å². The molecule has 1 N–H and O–H groups in total. The van der Waals surface area contributed by atoms with Crippen molar-refractivity contribution < 1.29 is 23.7 Å². The van der Waals surface area contributed by atoms with Crippen LogP contribution in [0.5, 0.6) is 23.1 Å². The average Bonchev–Trinajstić information content (AvgIpc) is 3.25. The van der Waals surface area contributed by atoms with Gasteiger partial charge in [0, 0.05) is 6.54 Å². The van der Waals surface area contributed by atoms with Crippen molar-refractivity contribution in [1.29, 1.82) is 0 Å². The van der Waals surface area contributed by atoms with E-state index in [1.54, 1.807) is 43.5 Å². The number of nitrogens with zero attached hydrogens (tertiary/aromatic N) is 2. The van der Waals surface area contributed by atoms with E-state index in [1.807, 2.05) is 6.07 Å². The van der Waals surface area contributed by atoms with Gasteiger partial charge in [0.15, 0.2) is 17.2 Å². The number of amides is 1. The van der Waals surface area contributed by atoms with Crippen molar-refractivity contribution in [3.05, 3.63) is 70.0 Å². The SMILES string of the molecule is COc1ccc(-n2nc(C(=O)NCc3ccc4c(c3)OCO4)c(=O)cc2OC)cc1. The Morgan fingerprint density at radius 1 is 1.07 bits per heavy atom. The fourth-order valence-electron chi connectivity index (χ4n) is 2.97. The highest BCUT2D eigenvalue weighted by atomic mass is 16.7. The third-order valence-corrected chi connectivity index (χ3v) is 4.53. The molecule has 0 unspecified atom stereocenters.